The zero-order valence-electron chi connectivity index (χ0n) is 13.7. The van der Waals surface area contributed by atoms with Crippen molar-refractivity contribution in [1.29, 1.82) is 0 Å². The highest BCUT2D eigenvalue weighted by molar-refractivity contribution is 5.63. The first-order valence-electron chi connectivity index (χ1n) is 7.61. The normalized spacial score (nSPS) is 11.0. The molecule has 0 atom stereocenters. The minimum Gasteiger partial charge on any atom is -0.481 e. The van der Waals surface area contributed by atoms with Gasteiger partial charge in [0.25, 0.3) is 0 Å². The number of hydrogen-bond donors (Lipinski definition) is 0. The molecule has 0 aliphatic heterocycles. The number of benzene rings is 1. The lowest BCUT2D eigenvalue weighted by Gasteiger charge is -2.08. The molecule has 3 rings (SSSR count). The Labute approximate surface area is 136 Å². The average molecular weight is 306 g/mol. The van der Waals surface area contributed by atoms with Crippen LogP contribution in [-0.4, -0.2) is 21.9 Å². The van der Waals surface area contributed by atoms with Crippen LogP contribution in [0.5, 0.6) is 5.88 Å². The van der Waals surface area contributed by atoms with E-state index in [-0.39, 0.29) is 0 Å². The van der Waals surface area contributed by atoms with E-state index in [1.54, 1.807) is 13.3 Å². The summed E-state index contributed by atoms with van der Waals surface area (Å²) >= 11 is 0. The van der Waals surface area contributed by atoms with Crippen molar-refractivity contribution in [1.82, 2.24) is 14.8 Å². The zero-order chi connectivity index (χ0) is 16.4. The Balaban J connectivity index is 2.12. The Kier molecular flexibility index (Phi) is 4.15. The van der Waals surface area contributed by atoms with Crippen LogP contribution in [-0.2, 0) is 0 Å². The van der Waals surface area contributed by atoms with Gasteiger partial charge in [-0.1, -0.05) is 38.1 Å². The van der Waals surface area contributed by atoms with Crippen molar-refractivity contribution in [3.8, 4) is 22.8 Å². The second-order valence-corrected chi connectivity index (χ2v) is 5.78. The highest BCUT2D eigenvalue weighted by Crippen LogP contribution is 2.27. The van der Waals surface area contributed by atoms with Crippen molar-refractivity contribution in [2.45, 2.75) is 19.8 Å². The Morgan fingerprint density at radius 2 is 1.83 bits per heavy atom. The van der Waals surface area contributed by atoms with Crippen LogP contribution in [0.1, 0.15) is 31.0 Å². The molecule has 0 fully saturated rings. The van der Waals surface area contributed by atoms with E-state index >= 15 is 0 Å². The fourth-order valence-electron chi connectivity index (χ4n) is 2.38. The Morgan fingerprint density at radius 3 is 2.39 bits per heavy atom. The van der Waals surface area contributed by atoms with Crippen molar-refractivity contribution in [2.75, 3.05) is 7.11 Å². The maximum Gasteiger partial charge on any atom is 0.213 e. The molecule has 0 bridgehead atoms. The first-order chi connectivity index (χ1) is 11.1. The Morgan fingerprint density at radius 1 is 1.09 bits per heavy atom. The van der Waals surface area contributed by atoms with E-state index in [1.165, 1.54) is 0 Å². The van der Waals surface area contributed by atoms with Gasteiger partial charge in [-0.15, -0.1) is 0 Å². The summed E-state index contributed by atoms with van der Waals surface area (Å²) in [6.07, 6.45) is 1.77. The van der Waals surface area contributed by atoms with E-state index in [2.05, 4.69) is 44.0 Å². The van der Waals surface area contributed by atoms with E-state index in [4.69, 9.17) is 9.84 Å². The molecule has 117 valence electrons. The summed E-state index contributed by atoms with van der Waals surface area (Å²) in [4.78, 5) is 4.28. The molecule has 1 radical (unpaired) electrons. The van der Waals surface area contributed by atoms with Crippen molar-refractivity contribution in [3.05, 3.63) is 66.8 Å². The fraction of sp³-hybridized carbons (Fsp3) is 0.211. The summed E-state index contributed by atoms with van der Waals surface area (Å²) < 4.78 is 7.06. The predicted octanol–water partition coefficient (Wildman–Crippen LogP) is 4.25. The lowest BCUT2D eigenvalue weighted by Crippen LogP contribution is -2.01. The minimum atomic E-state index is 0.355. The molecule has 0 saturated heterocycles. The predicted molar refractivity (Wildman–Crippen MR) is 91.9 cm³/mol. The third kappa shape index (κ3) is 3.11. The molecule has 0 amide bonds. The minimum absolute atomic E-state index is 0.355. The Hall–Kier alpha value is -2.62. The molecule has 0 aliphatic rings. The van der Waals surface area contributed by atoms with Crippen LogP contribution in [0.15, 0.2) is 48.7 Å². The monoisotopic (exact) mass is 306 g/mol. The molecule has 0 spiro atoms. The van der Waals surface area contributed by atoms with Gasteiger partial charge in [-0.3, -0.25) is 0 Å². The number of hydrogen-bond acceptors (Lipinski definition) is 3. The van der Waals surface area contributed by atoms with Gasteiger partial charge in [0.05, 0.1) is 30.4 Å². The van der Waals surface area contributed by atoms with Crippen LogP contribution in [0.4, 0.5) is 0 Å². The second-order valence-electron chi connectivity index (χ2n) is 5.78. The molecule has 23 heavy (non-hydrogen) atoms. The molecule has 4 nitrogen and oxygen atoms in total. The van der Waals surface area contributed by atoms with Crippen molar-refractivity contribution >= 4 is 0 Å². The van der Waals surface area contributed by atoms with E-state index in [1.807, 2.05) is 28.9 Å². The molecule has 0 aliphatic carbocycles. The van der Waals surface area contributed by atoms with Crippen LogP contribution in [0.3, 0.4) is 0 Å². The van der Waals surface area contributed by atoms with Gasteiger partial charge in [0.1, 0.15) is 0 Å². The first-order valence-corrected chi connectivity index (χ1v) is 7.61. The summed E-state index contributed by atoms with van der Waals surface area (Å²) in [6, 6.07) is 14.1. The van der Waals surface area contributed by atoms with Gasteiger partial charge in [0.15, 0.2) is 0 Å². The maximum atomic E-state index is 5.13. The van der Waals surface area contributed by atoms with Crippen LogP contribution in [0, 0.1) is 6.92 Å². The molecular weight excluding hydrogens is 286 g/mol. The quantitative estimate of drug-likeness (QED) is 0.723. The Bertz CT molecular complexity index is 786. The van der Waals surface area contributed by atoms with Gasteiger partial charge in [0.2, 0.25) is 5.88 Å². The van der Waals surface area contributed by atoms with E-state index < -0.39 is 0 Å². The van der Waals surface area contributed by atoms with E-state index in [0.29, 0.717) is 11.8 Å². The molecule has 0 unspecified atom stereocenters. The largest absolute Gasteiger partial charge is 0.481 e. The summed E-state index contributed by atoms with van der Waals surface area (Å²) in [5.41, 5.74) is 5.10. The molecular formula is C19H20N3O. The number of ether oxygens (including phenoxy) is 1. The van der Waals surface area contributed by atoms with Gasteiger partial charge in [-0.05, 0) is 30.5 Å². The van der Waals surface area contributed by atoms with E-state index in [9.17, 15) is 0 Å². The fourth-order valence-corrected chi connectivity index (χ4v) is 2.38. The van der Waals surface area contributed by atoms with Gasteiger partial charge in [-0.2, -0.15) is 5.10 Å². The first kappa shape index (κ1) is 15.3. The molecule has 1 aromatic carbocycles. The van der Waals surface area contributed by atoms with Gasteiger partial charge < -0.3 is 4.74 Å². The smallest absolute Gasteiger partial charge is 0.213 e. The van der Waals surface area contributed by atoms with Crippen molar-refractivity contribution in [3.63, 3.8) is 0 Å². The lowest BCUT2D eigenvalue weighted by molar-refractivity contribution is 0.397. The molecule has 4 heteroatoms. The second kappa shape index (κ2) is 6.24. The van der Waals surface area contributed by atoms with Crippen LogP contribution < -0.4 is 4.74 Å². The topological polar surface area (TPSA) is 39.9 Å². The number of aromatic nitrogens is 3. The SMILES string of the molecule is [CH2]c1ccc(-c2cc(C(C)C)nn2-c2ccc(OC)nc2)cc1. The standard InChI is InChI=1S/C19H20N3O/c1-13(2)17-11-18(15-7-5-14(3)6-8-15)22(21-17)16-9-10-19(23-4)20-12-16/h5-13H,3H2,1-2,4H3. The van der Waals surface area contributed by atoms with Gasteiger partial charge >= 0.3 is 0 Å². The van der Waals surface area contributed by atoms with Crippen LogP contribution >= 0.6 is 0 Å². The van der Waals surface area contributed by atoms with Crippen LogP contribution in [0.25, 0.3) is 16.9 Å². The maximum absolute atomic E-state index is 5.13. The lowest BCUT2D eigenvalue weighted by atomic mass is 10.1. The number of pyridine rings is 1. The van der Waals surface area contributed by atoms with Gasteiger partial charge in [-0.25, -0.2) is 9.67 Å². The summed E-state index contributed by atoms with van der Waals surface area (Å²) in [5.74, 6) is 0.946. The van der Waals surface area contributed by atoms with E-state index in [0.717, 1.165) is 28.2 Å². The number of nitrogens with zero attached hydrogens (tertiary/aromatic N) is 3. The third-order valence-corrected chi connectivity index (χ3v) is 3.74. The molecule has 0 N–H and O–H groups in total. The number of rotatable bonds is 4. The van der Waals surface area contributed by atoms with Crippen molar-refractivity contribution in [2.24, 2.45) is 0 Å². The molecule has 2 aromatic heterocycles. The van der Waals surface area contributed by atoms with Gasteiger partial charge in [0, 0.05) is 11.6 Å². The summed E-state index contributed by atoms with van der Waals surface area (Å²) in [7, 11) is 1.61. The van der Waals surface area contributed by atoms with Crippen molar-refractivity contribution < 1.29 is 4.74 Å². The summed E-state index contributed by atoms with van der Waals surface area (Å²) in [5, 5.41) is 4.75. The zero-order valence-corrected chi connectivity index (χ0v) is 13.7. The number of methoxy groups -OCH3 is 1. The summed E-state index contributed by atoms with van der Waals surface area (Å²) in [6.45, 7) is 8.22. The highest BCUT2D eigenvalue weighted by Gasteiger charge is 2.14. The van der Waals surface area contributed by atoms with Crippen LogP contribution in [0.2, 0.25) is 0 Å². The molecule has 0 saturated carbocycles. The molecule has 3 aromatic rings. The molecule has 2 heterocycles. The average Bonchev–Trinajstić information content (AvgIpc) is 3.01. The highest BCUT2D eigenvalue weighted by atomic mass is 16.5. The third-order valence-electron chi connectivity index (χ3n) is 3.74.